The van der Waals surface area contributed by atoms with Crippen molar-refractivity contribution in [1.29, 1.82) is 0 Å². The van der Waals surface area contributed by atoms with Gasteiger partial charge in [0.1, 0.15) is 0 Å². The summed E-state index contributed by atoms with van der Waals surface area (Å²) >= 11 is 0. The van der Waals surface area contributed by atoms with E-state index < -0.39 is 6.10 Å². The lowest BCUT2D eigenvalue weighted by molar-refractivity contribution is 0.208. The molecule has 0 radical (unpaired) electrons. The molecule has 0 amide bonds. The van der Waals surface area contributed by atoms with Crippen molar-refractivity contribution >= 4 is 17.0 Å². The summed E-state index contributed by atoms with van der Waals surface area (Å²) in [6.07, 6.45) is 1.30. The number of nitrogens with one attached hydrogen (secondary N) is 1. The van der Waals surface area contributed by atoms with Gasteiger partial charge in [-0.25, -0.2) is 4.98 Å². The molecule has 7 heteroatoms. The molecule has 0 saturated carbocycles. The number of rotatable bonds is 7. The van der Waals surface area contributed by atoms with Crippen LogP contribution in [0.25, 0.3) is 11.0 Å². The zero-order valence-electron chi connectivity index (χ0n) is 13.4. The molecule has 23 heavy (non-hydrogen) atoms. The quantitative estimate of drug-likeness (QED) is 0.695. The van der Waals surface area contributed by atoms with Crippen molar-refractivity contribution in [3.63, 3.8) is 0 Å². The van der Waals surface area contributed by atoms with Crippen LogP contribution in [0.15, 0.2) is 28.8 Å². The normalized spacial score (nSPS) is 12.7. The smallest absolute Gasteiger partial charge is 0.226 e. The fourth-order valence-electron chi connectivity index (χ4n) is 2.42. The Morgan fingerprint density at radius 1 is 1.30 bits per heavy atom. The van der Waals surface area contributed by atoms with Crippen LogP contribution in [-0.4, -0.2) is 37.4 Å². The summed E-state index contributed by atoms with van der Waals surface area (Å²) in [5.41, 5.74) is 1.88. The van der Waals surface area contributed by atoms with Crippen LogP contribution in [0.5, 0.6) is 0 Å². The highest BCUT2D eigenvalue weighted by atomic mass is 16.5. The summed E-state index contributed by atoms with van der Waals surface area (Å²) in [5.74, 6) is 1.97. The number of aliphatic hydroxyl groups is 1. The van der Waals surface area contributed by atoms with Crippen molar-refractivity contribution in [3.05, 3.63) is 36.0 Å². The molecular formula is C16H21N5O2. The van der Waals surface area contributed by atoms with Gasteiger partial charge in [0.2, 0.25) is 11.8 Å². The van der Waals surface area contributed by atoms with Crippen LogP contribution in [0, 0.1) is 0 Å². The van der Waals surface area contributed by atoms with Crippen LogP contribution in [0.2, 0.25) is 0 Å². The van der Waals surface area contributed by atoms with Gasteiger partial charge in [-0.05, 0) is 25.5 Å². The molecule has 0 spiro atoms. The van der Waals surface area contributed by atoms with E-state index in [4.69, 9.17) is 4.52 Å². The highest BCUT2D eigenvalue weighted by Gasteiger charge is 2.14. The number of aryl methyl sites for hydroxylation is 1. The van der Waals surface area contributed by atoms with E-state index in [0.717, 1.165) is 23.9 Å². The summed E-state index contributed by atoms with van der Waals surface area (Å²) in [4.78, 5) is 8.99. The van der Waals surface area contributed by atoms with Gasteiger partial charge >= 0.3 is 0 Å². The third kappa shape index (κ3) is 3.50. The highest BCUT2D eigenvalue weighted by molar-refractivity contribution is 5.78. The number of hydrogen-bond donors (Lipinski definition) is 2. The molecule has 0 bridgehead atoms. The Morgan fingerprint density at radius 3 is 2.91 bits per heavy atom. The van der Waals surface area contributed by atoms with Crippen molar-refractivity contribution < 1.29 is 9.63 Å². The van der Waals surface area contributed by atoms with E-state index in [1.807, 2.05) is 28.8 Å². The predicted octanol–water partition coefficient (Wildman–Crippen LogP) is 2.21. The molecule has 2 heterocycles. The first kappa shape index (κ1) is 15.5. The monoisotopic (exact) mass is 315 g/mol. The molecule has 0 saturated heterocycles. The SMILES string of the molecule is CCCc1nc(Cn2c(NCC(C)O)nc3ccccc32)no1. The summed E-state index contributed by atoms with van der Waals surface area (Å²) in [7, 11) is 0. The summed E-state index contributed by atoms with van der Waals surface area (Å²) in [6, 6.07) is 7.88. The Balaban J connectivity index is 1.91. The van der Waals surface area contributed by atoms with E-state index in [0.29, 0.717) is 30.8 Å². The van der Waals surface area contributed by atoms with Crippen molar-refractivity contribution in [2.24, 2.45) is 0 Å². The maximum absolute atomic E-state index is 9.49. The highest BCUT2D eigenvalue weighted by Crippen LogP contribution is 2.20. The molecule has 0 fully saturated rings. The molecule has 3 aromatic rings. The molecule has 122 valence electrons. The van der Waals surface area contributed by atoms with Crippen LogP contribution < -0.4 is 5.32 Å². The Morgan fingerprint density at radius 2 is 2.13 bits per heavy atom. The number of nitrogens with zero attached hydrogens (tertiary/aromatic N) is 4. The van der Waals surface area contributed by atoms with E-state index in [1.54, 1.807) is 6.92 Å². The number of fused-ring (bicyclic) bond motifs is 1. The zero-order valence-corrected chi connectivity index (χ0v) is 13.4. The van der Waals surface area contributed by atoms with E-state index >= 15 is 0 Å². The number of imidazole rings is 1. The zero-order chi connectivity index (χ0) is 16.2. The molecule has 1 aromatic carbocycles. The van der Waals surface area contributed by atoms with Gasteiger partial charge in [0.15, 0.2) is 5.82 Å². The van der Waals surface area contributed by atoms with E-state index in [2.05, 4.69) is 27.4 Å². The Hall–Kier alpha value is -2.41. The average molecular weight is 315 g/mol. The molecule has 2 N–H and O–H groups in total. The number of aliphatic hydroxyl groups excluding tert-OH is 1. The molecule has 0 aliphatic heterocycles. The lowest BCUT2D eigenvalue weighted by Crippen LogP contribution is -2.18. The van der Waals surface area contributed by atoms with Gasteiger partial charge in [-0.1, -0.05) is 24.2 Å². The van der Waals surface area contributed by atoms with Gasteiger partial charge in [-0.2, -0.15) is 4.98 Å². The second kappa shape index (κ2) is 6.78. The minimum absolute atomic E-state index is 0.427. The van der Waals surface area contributed by atoms with Crippen LogP contribution in [0.3, 0.4) is 0 Å². The number of para-hydroxylation sites is 2. The van der Waals surface area contributed by atoms with Crippen LogP contribution in [0.4, 0.5) is 5.95 Å². The standard InChI is InChI=1S/C16H21N5O2/c1-3-6-15-19-14(20-23-15)10-21-13-8-5-4-7-12(13)18-16(21)17-9-11(2)22/h4-5,7-8,11,22H,3,6,9-10H2,1-2H3,(H,17,18). The van der Waals surface area contributed by atoms with E-state index in [9.17, 15) is 5.11 Å². The fourth-order valence-corrected chi connectivity index (χ4v) is 2.42. The first-order chi connectivity index (χ1) is 11.2. The average Bonchev–Trinajstić information content (AvgIpc) is 3.11. The lowest BCUT2D eigenvalue weighted by Gasteiger charge is -2.10. The predicted molar refractivity (Wildman–Crippen MR) is 87.3 cm³/mol. The molecule has 0 aliphatic rings. The number of aromatic nitrogens is 4. The first-order valence-electron chi connectivity index (χ1n) is 7.86. The third-order valence-corrected chi connectivity index (χ3v) is 3.48. The number of hydrogen-bond acceptors (Lipinski definition) is 6. The van der Waals surface area contributed by atoms with Gasteiger partial charge in [0, 0.05) is 13.0 Å². The number of benzene rings is 1. The van der Waals surface area contributed by atoms with E-state index in [1.165, 1.54) is 0 Å². The summed E-state index contributed by atoms with van der Waals surface area (Å²) < 4.78 is 7.25. The van der Waals surface area contributed by atoms with Crippen LogP contribution in [-0.2, 0) is 13.0 Å². The van der Waals surface area contributed by atoms with Crippen molar-refractivity contribution in [2.75, 3.05) is 11.9 Å². The van der Waals surface area contributed by atoms with Crippen molar-refractivity contribution in [1.82, 2.24) is 19.7 Å². The maximum atomic E-state index is 9.49. The van der Waals surface area contributed by atoms with E-state index in [-0.39, 0.29) is 0 Å². The maximum Gasteiger partial charge on any atom is 0.226 e. The minimum atomic E-state index is -0.454. The molecule has 3 rings (SSSR count). The summed E-state index contributed by atoms with van der Waals surface area (Å²) in [6.45, 7) is 4.70. The summed E-state index contributed by atoms with van der Waals surface area (Å²) in [5, 5.41) is 16.7. The number of anilines is 1. The van der Waals surface area contributed by atoms with Crippen LogP contribution >= 0.6 is 0 Å². The first-order valence-corrected chi connectivity index (χ1v) is 7.86. The topological polar surface area (TPSA) is 89.0 Å². The Kier molecular flexibility index (Phi) is 4.57. The molecule has 0 aliphatic carbocycles. The van der Waals surface area contributed by atoms with Gasteiger partial charge in [0.25, 0.3) is 0 Å². The molecule has 1 atom stereocenters. The second-order valence-corrected chi connectivity index (χ2v) is 5.59. The van der Waals surface area contributed by atoms with Gasteiger partial charge in [-0.3, -0.25) is 0 Å². The van der Waals surface area contributed by atoms with Crippen molar-refractivity contribution in [2.45, 2.75) is 39.3 Å². The van der Waals surface area contributed by atoms with Gasteiger partial charge < -0.3 is 19.5 Å². The molecule has 1 unspecified atom stereocenters. The fraction of sp³-hybridized carbons (Fsp3) is 0.438. The van der Waals surface area contributed by atoms with Gasteiger partial charge in [-0.15, -0.1) is 0 Å². The Labute approximate surface area is 134 Å². The minimum Gasteiger partial charge on any atom is -0.392 e. The van der Waals surface area contributed by atoms with Gasteiger partial charge in [0.05, 0.1) is 23.7 Å². The Bertz CT molecular complexity index is 778. The third-order valence-electron chi connectivity index (χ3n) is 3.48. The molecule has 2 aromatic heterocycles. The molecular weight excluding hydrogens is 294 g/mol. The lowest BCUT2D eigenvalue weighted by atomic mass is 10.3. The molecule has 7 nitrogen and oxygen atoms in total. The second-order valence-electron chi connectivity index (χ2n) is 5.59. The largest absolute Gasteiger partial charge is 0.392 e. The van der Waals surface area contributed by atoms with Crippen molar-refractivity contribution in [3.8, 4) is 0 Å². The van der Waals surface area contributed by atoms with Crippen LogP contribution in [0.1, 0.15) is 32.0 Å².